The van der Waals surface area contributed by atoms with Crippen LogP contribution in [-0.4, -0.2) is 36.9 Å². The molecule has 0 heterocycles. The summed E-state index contributed by atoms with van der Waals surface area (Å²) in [6.45, 7) is 12.4. The van der Waals surface area contributed by atoms with E-state index in [1.165, 1.54) is 36.2 Å². The molecule has 4 heteroatoms. The molecule has 0 aromatic heterocycles. The predicted molar refractivity (Wildman–Crippen MR) is 97.5 cm³/mol. The van der Waals surface area contributed by atoms with Crippen molar-refractivity contribution in [1.29, 1.82) is 0 Å². The summed E-state index contributed by atoms with van der Waals surface area (Å²) < 4.78 is 1.20. The first kappa shape index (κ1) is 22.1. The van der Waals surface area contributed by atoms with Crippen LogP contribution < -0.4 is 16.6 Å². The first-order valence-electron chi connectivity index (χ1n) is 9.04. The molecule has 0 aliphatic heterocycles. The Kier molecular flexibility index (Phi) is 12.9. The number of nitrogens with zero attached hydrogens (tertiary/aromatic N) is 1. The Hall–Kier alpha value is -0.940. The molecule has 1 atom stereocenters. The van der Waals surface area contributed by atoms with Gasteiger partial charge in [0.1, 0.15) is 6.54 Å². The molecule has 0 bridgehead atoms. The van der Waals surface area contributed by atoms with Crippen molar-refractivity contribution in [2.24, 2.45) is 11.5 Å². The summed E-state index contributed by atoms with van der Waals surface area (Å²) in [5.74, 6) is 0. The fourth-order valence-electron chi connectivity index (χ4n) is 2.64. The molecule has 0 saturated heterocycles. The van der Waals surface area contributed by atoms with E-state index in [1.807, 2.05) is 0 Å². The Morgan fingerprint density at radius 2 is 1.52 bits per heavy atom. The highest BCUT2D eigenvalue weighted by molar-refractivity contribution is 5.13. The number of hydrogen-bond donors (Lipinski definition) is 2. The molecule has 4 nitrogen and oxygen atoms in total. The Balaban J connectivity index is 0.000000468. The molecule has 1 unspecified atom stereocenters. The maximum absolute atomic E-state index is 10.2. The van der Waals surface area contributed by atoms with Crippen LogP contribution in [0.3, 0.4) is 0 Å². The summed E-state index contributed by atoms with van der Waals surface area (Å²) in [4.78, 5) is 0. The number of unbranched alkanes of at least 4 members (excludes halogenated alkanes) is 2. The maximum Gasteiger partial charge on any atom is 0.104 e. The van der Waals surface area contributed by atoms with Gasteiger partial charge in [0.2, 0.25) is 0 Å². The van der Waals surface area contributed by atoms with Crippen molar-refractivity contribution in [3.05, 3.63) is 35.9 Å². The molecule has 0 spiro atoms. The SMILES string of the molecule is CC[N+](CC)(CC)Cc1ccccc1.NCCCCCC(N)[O-]. The van der Waals surface area contributed by atoms with E-state index in [4.69, 9.17) is 11.5 Å². The maximum atomic E-state index is 10.2. The van der Waals surface area contributed by atoms with Gasteiger partial charge in [-0.3, -0.25) is 0 Å². The molecule has 4 N–H and O–H groups in total. The summed E-state index contributed by atoms with van der Waals surface area (Å²) in [6.07, 6.45) is 2.66. The zero-order valence-corrected chi connectivity index (χ0v) is 15.3. The fraction of sp³-hybridized carbons (Fsp3) is 0.684. The third kappa shape index (κ3) is 10.4. The van der Waals surface area contributed by atoms with Crippen LogP contribution in [0.25, 0.3) is 0 Å². The van der Waals surface area contributed by atoms with Crippen molar-refractivity contribution < 1.29 is 9.59 Å². The van der Waals surface area contributed by atoms with Crippen LogP contribution in [0, 0.1) is 0 Å². The summed E-state index contributed by atoms with van der Waals surface area (Å²) in [5, 5.41) is 10.2. The average Bonchev–Trinajstić information content (AvgIpc) is 2.58. The van der Waals surface area contributed by atoms with Crippen molar-refractivity contribution in [2.45, 2.75) is 59.2 Å². The minimum atomic E-state index is -0.886. The highest BCUT2D eigenvalue weighted by atomic mass is 16.3. The monoisotopic (exact) mass is 323 g/mol. The average molecular weight is 324 g/mol. The van der Waals surface area contributed by atoms with Crippen LogP contribution in [0.1, 0.15) is 52.0 Å². The lowest BCUT2D eigenvalue weighted by molar-refractivity contribution is -0.936. The molecule has 0 aliphatic rings. The fourth-order valence-corrected chi connectivity index (χ4v) is 2.64. The highest BCUT2D eigenvalue weighted by Crippen LogP contribution is 2.13. The van der Waals surface area contributed by atoms with E-state index in [0.717, 1.165) is 19.3 Å². The van der Waals surface area contributed by atoms with Gasteiger partial charge in [0.15, 0.2) is 0 Å². The van der Waals surface area contributed by atoms with Crippen LogP contribution in [-0.2, 0) is 6.54 Å². The molecule has 0 amide bonds. The van der Waals surface area contributed by atoms with Gasteiger partial charge in [-0.05, 0) is 33.7 Å². The van der Waals surface area contributed by atoms with Gasteiger partial charge in [-0.1, -0.05) is 55.8 Å². The number of nitrogens with two attached hydrogens (primary N) is 2. The van der Waals surface area contributed by atoms with E-state index >= 15 is 0 Å². The van der Waals surface area contributed by atoms with Gasteiger partial charge in [0, 0.05) is 5.56 Å². The second-order valence-electron chi connectivity index (χ2n) is 6.11. The molecule has 1 aromatic carbocycles. The van der Waals surface area contributed by atoms with E-state index in [-0.39, 0.29) is 0 Å². The van der Waals surface area contributed by atoms with Crippen LogP contribution in [0.5, 0.6) is 0 Å². The molecule has 0 saturated carbocycles. The summed E-state index contributed by atoms with van der Waals surface area (Å²) in [6, 6.07) is 10.8. The van der Waals surface area contributed by atoms with Gasteiger partial charge >= 0.3 is 0 Å². The Labute approximate surface area is 143 Å². The molecule has 0 radical (unpaired) electrons. The van der Waals surface area contributed by atoms with E-state index in [9.17, 15) is 5.11 Å². The minimum Gasteiger partial charge on any atom is -0.841 e. The van der Waals surface area contributed by atoms with E-state index in [1.54, 1.807) is 0 Å². The minimum absolute atomic E-state index is 0.583. The van der Waals surface area contributed by atoms with Crippen LogP contribution in [0.4, 0.5) is 0 Å². The summed E-state index contributed by atoms with van der Waals surface area (Å²) in [7, 11) is 0. The second kappa shape index (κ2) is 13.5. The lowest BCUT2D eigenvalue weighted by Gasteiger charge is -2.35. The lowest BCUT2D eigenvalue weighted by Crippen LogP contribution is -2.46. The molecule has 1 rings (SSSR count). The van der Waals surface area contributed by atoms with Gasteiger partial charge in [0.05, 0.1) is 19.6 Å². The third-order valence-electron chi connectivity index (χ3n) is 4.57. The second-order valence-corrected chi connectivity index (χ2v) is 6.11. The molecule has 23 heavy (non-hydrogen) atoms. The molecule has 0 fully saturated rings. The highest BCUT2D eigenvalue weighted by Gasteiger charge is 2.20. The molecular formula is C19H37N3O. The van der Waals surface area contributed by atoms with Crippen molar-refractivity contribution in [2.75, 3.05) is 26.2 Å². The van der Waals surface area contributed by atoms with Crippen molar-refractivity contribution in [3.63, 3.8) is 0 Å². The normalized spacial score (nSPS) is 12.4. The first-order chi connectivity index (χ1) is 11.0. The van der Waals surface area contributed by atoms with Gasteiger partial charge in [0.25, 0.3) is 0 Å². The molecular weight excluding hydrogens is 286 g/mol. The largest absolute Gasteiger partial charge is 0.841 e. The molecule has 1 aromatic rings. The third-order valence-corrected chi connectivity index (χ3v) is 4.57. The van der Waals surface area contributed by atoms with E-state index in [2.05, 4.69) is 51.1 Å². The van der Waals surface area contributed by atoms with Crippen molar-refractivity contribution in [3.8, 4) is 0 Å². The number of rotatable bonds is 10. The van der Waals surface area contributed by atoms with Crippen LogP contribution >= 0.6 is 0 Å². The Morgan fingerprint density at radius 1 is 0.957 bits per heavy atom. The Morgan fingerprint density at radius 3 is 1.96 bits per heavy atom. The van der Waals surface area contributed by atoms with Crippen LogP contribution in [0.15, 0.2) is 30.3 Å². The molecule has 134 valence electrons. The number of quaternary nitrogens is 1. The summed E-state index contributed by atoms with van der Waals surface area (Å²) in [5.41, 5.74) is 11.7. The van der Waals surface area contributed by atoms with Gasteiger partial charge in [-0.25, -0.2) is 0 Å². The topological polar surface area (TPSA) is 75.1 Å². The van der Waals surface area contributed by atoms with Crippen molar-refractivity contribution in [1.82, 2.24) is 0 Å². The Bertz CT molecular complexity index is 356. The van der Waals surface area contributed by atoms with Gasteiger partial charge in [-0.2, -0.15) is 0 Å². The lowest BCUT2D eigenvalue weighted by atomic mass is 10.2. The number of benzene rings is 1. The van der Waals surface area contributed by atoms with Gasteiger partial charge in [-0.15, -0.1) is 0 Å². The standard InChI is InChI=1S/C13H22N.C6H15N2O/c1-4-14(5-2,6-3)12-13-10-8-7-9-11-13;7-5-3-1-2-4-6(8)9/h7-11H,4-6,12H2,1-3H3;6H,1-5,7-8H2/q+1;-1. The number of hydrogen-bond acceptors (Lipinski definition) is 3. The van der Waals surface area contributed by atoms with E-state index in [0.29, 0.717) is 13.0 Å². The molecule has 0 aliphatic carbocycles. The first-order valence-corrected chi connectivity index (χ1v) is 9.04. The van der Waals surface area contributed by atoms with Crippen LogP contribution in [0.2, 0.25) is 0 Å². The van der Waals surface area contributed by atoms with Crippen molar-refractivity contribution >= 4 is 0 Å². The predicted octanol–water partition coefficient (Wildman–Crippen LogP) is 2.21. The quantitative estimate of drug-likeness (QED) is 0.394. The van der Waals surface area contributed by atoms with E-state index < -0.39 is 6.23 Å². The zero-order chi connectivity index (χ0) is 17.6. The zero-order valence-electron chi connectivity index (χ0n) is 15.3. The summed E-state index contributed by atoms with van der Waals surface area (Å²) >= 11 is 0. The van der Waals surface area contributed by atoms with Gasteiger partial charge < -0.3 is 21.1 Å². The smallest absolute Gasteiger partial charge is 0.104 e.